The van der Waals surface area contributed by atoms with Crippen LogP contribution >= 0.6 is 11.3 Å². The summed E-state index contributed by atoms with van der Waals surface area (Å²) in [5.74, 6) is 0.488. The van der Waals surface area contributed by atoms with Crippen molar-refractivity contribution < 1.29 is 14.3 Å². The molecule has 1 saturated heterocycles. The molecule has 0 aliphatic carbocycles. The van der Waals surface area contributed by atoms with Gasteiger partial charge in [-0.25, -0.2) is 4.79 Å². The maximum Gasteiger partial charge on any atom is 0.322 e. The second-order valence-electron chi connectivity index (χ2n) is 7.51. The fourth-order valence-electron chi connectivity index (χ4n) is 3.55. The van der Waals surface area contributed by atoms with Gasteiger partial charge in [0.15, 0.2) is 0 Å². The van der Waals surface area contributed by atoms with Gasteiger partial charge in [-0.15, -0.1) is 10.2 Å². The molecule has 0 saturated carbocycles. The lowest BCUT2D eigenvalue weighted by atomic mass is 10.2. The highest BCUT2D eigenvalue weighted by Crippen LogP contribution is 2.28. The first-order chi connectivity index (χ1) is 15.5. The molecule has 0 bridgehead atoms. The summed E-state index contributed by atoms with van der Waals surface area (Å²) in [6.45, 7) is 5.04. The number of rotatable bonds is 6. The first-order valence-electron chi connectivity index (χ1n) is 10.6. The number of carbonyl (C=O) groups is 2. The zero-order valence-electron chi connectivity index (χ0n) is 18.0. The van der Waals surface area contributed by atoms with Gasteiger partial charge >= 0.3 is 6.03 Å². The van der Waals surface area contributed by atoms with Crippen molar-refractivity contribution in [2.24, 2.45) is 0 Å². The van der Waals surface area contributed by atoms with Crippen LogP contribution in [0, 0.1) is 6.92 Å². The third kappa shape index (κ3) is 5.05. The van der Waals surface area contributed by atoms with Crippen molar-refractivity contribution in [3.63, 3.8) is 0 Å². The third-order valence-corrected chi connectivity index (χ3v) is 6.07. The highest BCUT2D eigenvalue weighted by molar-refractivity contribution is 7.18. The number of anilines is 2. The molecule has 1 aliphatic rings. The van der Waals surface area contributed by atoms with Crippen molar-refractivity contribution in [3.05, 3.63) is 54.1 Å². The van der Waals surface area contributed by atoms with Crippen molar-refractivity contribution in [2.45, 2.75) is 32.7 Å². The number of nitrogens with zero attached hydrogens (tertiary/aromatic N) is 3. The Balaban J connectivity index is 1.38. The minimum absolute atomic E-state index is 0.254. The summed E-state index contributed by atoms with van der Waals surface area (Å²) in [4.78, 5) is 27.2. The lowest BCUT2D eigenvalue weighted by molar-refractivity contribution is -0.119. The molecule has 8 nitrogen and oxygen atoms in total. The molecule has 1 fully saturated rings. The van der Waals surface area contributed by atoms with Crippen molar-refractivity contribution in [3.8, 4) is 16.3 Å². The van der Waals surface area contributed by atoms with Crippen molar-refractivity contribution in [1.82, 2.24) is 15.1 Å². The van der Waals surface area contributed by atoms with E-state index in [9.17, 15) is 9.59 Å². The Morgan fingerprint density at radius 3 is 2.56 bits per heavy atom. The predicted octanol–water partition coefficient (Wildman–Crippen LogP) is 4.55. The Morgan fingerprint density at radius 1 is 1.09 bits per heavy atom. The molecule has 2 heterocycles. The molecule has 3 aromatic rings. The fourth-order valence-corrected chi connectivity index (χ4v) is 4.31. The quantitative estimate of drug-likeness (QED) is 0.573. The third-order valence-electron chi connectivity index (χ3n) is 5.19. The zero-order valence-corrected chi connectivity index (χ0v) is 18.8. The van der Waals surface area contributed by atoms with Gasteiger partial charge in [0, 0.05) is 17.8 Å². The van der Waals surface area contributed by atoms with E-state index in [1.54, 1.807) is 29.2 Å². The SMILES string of the molecule is CCOc1ccc(NC(=O)N2CCCC2C(=O)Nc2nnc(-c3ccc(C)cc3)s2)cc1. The van der Waals surface area contributed by atoms with Crippen LogP contribution in [0.1, 0.15) is 25.3 Å². The molecule has 1 atom stereocenters. The Labute approximate surface area is 190 Å². The number of aromatic nitrogens is 2. The van der Waals surface area contributed by atoms with Gasteiger partial charge in [0.05, 0.1) is 6.61 Å². The molecule has 0 spiro atoms. The van der Waals surface area contributed by atoms with Gasteiger partial charge in [-0.05, 0) is 51.0 Å². The van der Waals surface area contributed by atoms with Crippen molar-refractivity contribution >= 4 is 34.1 Å². The second-order valence-corrected chi connectivity index (χ2v) is 8.48. The molecule has 1 unspecified atom stereocenters. The zero-order chi connectivity index (χ0) is 22.5. The first-order valence-corrected chi connectivity index (χ1v) is 11.4. The smallest absolute Gasteiger partial charge is 0.322 e. The Morgan fingerprint density at radius 2 is 1.84 bits per heavy atom. The number of ether oxygens (including phenoxy) is 1. The van der Waals surface area contributed by atoms with Crippen LogP contribution in [0.5, 0.6) is 5.75 Å². The standard InChI is InChI=1S/C23H25N5O3S/c1-3-31-18-12-10-17(11-13-18)24-23(30)28-14-4-5-19(28)20(29)25-22-27-26-21(32-22)16-8-6-15(2)7-9-16/h6-13,19H,3-5,14H2,1-2H3,(H,24,30)(H,25,27,29). The summed E-state index contributed by atoms with van der Waals surface area (Å²) in [5, 5.41) is 15.1. The molecule has 3 amide bonds. The van der Waals surface area contributed by atoms with Crippen LogP contribution < -0.4 is 15.4 Å². The minimum atomic E-state index is -0.551. The molecular formula is C23H25N5O3S. The van der Waals surface area contributed by atoms with Crippen LogP contribution in [-0.2, 0) is 4.79 Å². The average molecular weight is 452 g/mol. The van der Waals surface area contributed by atoms with Gasteiger partial charge in [-0.2, -0.15) is 0 Å². The van der Waals surface area contributed by atoms with Crippen LogP contribution in [-0.4, -0.2) is 46.2 Å². The summed E-state index contributed by atoms with van der Waals surface area (Å²) in [5.41, 5.74) is 2.76. The van der Waals surface area contributed by atoms with Crippen LogP contribution in [0.2, 0.25) is 0 Å². The van der Waals surface area contributed by atoms with E-state index >= 15 is 0 Å². The number of aryl methyl sites for hydroxylation is 1. The van der Waals surface area contributed by atoms with E-state index in [1.165, 1.54) is 11.3 Å². The van der Waals surface area contributed by atoms with E-state index in [2.05, 4.69) is 20.8 Å². The number of likely N-dealkylation sites (tertiary alicyclic amines) is 1. The van der Waals surface area contributed by atoms with Gasteiger partial charge in [0.1, 0.15) is 16.8 Å². The Kier molecular flexibility index (Phi) is 6.65. The molecule has 0 radical (unpaired) electrons. The Bertz CT molecular complexity index is 1080. The highest BCUT2D eigenvalue weighted by atomic mass is 32.1. The fraction of sp³-hybridized carbons (Fsp3) is 0.304. The number of benzene rings is 2. The molecule has 166 valence electrons. The number of carbonyl (C=O) groups excluding carboxylic acids is 2. The molecule has 9 heteroatoms. The molecule has 4 rings (SSSR count). The largest absolute Gasteiger partial charge is 0.494 e. The average Bonchev–Trinajstić information content (AvgIpc) is 3.46. The Hall–Kier alpha value is -3.46. The molecular weight excluding hydrogens is 426 g/mol. The summed E-state index contributed by atoms with van der Waals surface area (Å²) in [7, 11) is 0. The number of amides is 3. The molecule has 2 N–H and O–H groups in total. The summed E-state index contributed by atoms with van der Waals surface area (Å²) < 4.78 is 5.42. The number of nitrogens with one attached hydrogen (secondary N) is 2. The second kappa shape index (κ2) is 9.78. The van der Waals surface area contributed by atoms with E-state index < -0.39 is 6.04 Å². The summed E-state index contributed by atoms with van der Waals surface area (Å²) >= 11 is 1.31. The molecule has 32 heavy (non-hydrogen) atoms. The number of hydrogen-bond donors (Lipinski definition) is 2. The predicted molar refractivity (Wildman–Crippen MR) is 125 cm³/mol. The highest BCUT2D eigenvalue weighted by Gasteiger charge is 2.34. The maximum absolute atomic E-state index is 12.9. The van der Waals surface area contributed by atoms with Gasteiger partial charge in [0.25, 0.3) is 0 Å². The van der Waals surface area contributed by atoms with Crippen LogP contribution in [0.3, 0.4) is 0 Å². The normalized spacial score (nSPS) is 15.4. The van der Waals surface area contributed by atoms with E-state index in [0.29, 0.717) is 30.4 Å². The van der Waals surface area contributed by atoms with E-state index in [-0.39, 0.29) is 11.9 Å². The lowest BCUT2D eigenvalue weighted by Gasteiger charge is -2.23. The monoisotopic (exact) mass is 451 g/mol. The van der Waals surface area contributed by atoms with Gasteiger partial charge in [-0.3, -0.25) is 10.1 Å². The van der Waals surface area contributed by atoms with Crippen LogP contribution in [0.4, 0.5) is 15.6 Å². The van der Waals surface area contributed by atoms with E-state index in [4.69, 9.17) is 4.74 Å². The van der Waals surface area contributed by atoms with Gasteiger partial charge < -0.3 is 15.0 Å². The molecule has 2 aromatic carbocycles. The first kappa shape index (κ1) is 21.8. The van der Waals surface area contributed by atoms with E-state index in [0.717, 1.165) is 28.3 Å². The topological polar surface area (TPSA) is 96.5 Å². The lowest BCUT2D eigenvalue weighted by Crippen LogP contribution is -2.45. The van der Waals surface area contributed by atoms with Crippen molar-refractivity contribution in [2.75, 3.05) is 23.8 Å². The number of urea groups is 1. The van der Waals surface area contributed by atoms with Crippen LogP contribution in [0.15, 0.2) is 48.5 Å². The van der Waals surface area contributed by atoms with Crippen LogP contribution in [0.25, 0.3) is 10.6 Å². The molecule has 1 aliphatic heterocycles. The summed E-state index contributed by atoms with van der Waals surface area (Å²) in [6, 6.07) is 14.3. The summed E-state index contributed by atoms with van der Waals surface area (Å²) in [6.07, 6.45) is 1.37. The van der Waals surface area contributed by atoms with Gasteiger partial charge in [-0.1, -0.05) is 41.2 Å². The van der Waals surface area contributed by atoms with E-state index in [1.807, 2.05) is 38.1 Å². The van der Waals surface area contributed by atoms with Gasteiger partial charge in [0.2, 0.25) is 11.0 Å². The molecule has 1 aromatic heterocycles. The van der Waals surface area contributed by atoms with Crippen molar-refractivity contribution in [1.29, 1.82) is 0 Å². The number of hydrogen-bond acceptors (Lipinski definition) is 6. The minimum Gasteiger partial charge on any atom is -0.494 e. The maximum atomic E-state index is 12.9.